The van der Waals surface area contributed by atoms with Gasteiger partial charge in [-0.1, -0.05) is 16.8 Å². The van der Waals surface area contributed by atoms with Gasteiger partial charge in [0.15, 0.2) is 5.54 Å². The number of nitrogens with zero attached hydrogens (tertiary/aromatic N) is 4. The lowest BCUT2D eigenvalue weighted by atomic mass is 9.95. The first-order chi connectivity index (χ1) is 19.1. The molecule has 2 amide bonds. The van der Waals surface area contributed by atoms with E-state index in [0.29, 0.717) is 0 Å². The highest BCUT2D eigenvalue weighted by Gasteiger charge is 2.48. The van der Waals surface area contributed by atoms with Crippen molar-refractivity contribution < 1.29 is 36.9 Å². The first-order valence-electron chi connectivity index (χ1n) is 11.8. The van der Waals surface area contributed by atoms with Crippen LogP contribution in [0.4, 0.5) is 8.78 Å². The van der Waals surface area contributed by atoms with Crippen LogP contribution in [0, 0.1) is 18.6 Å². The van der Waals surface area contributed by atoms with Crippen LogP contribution in [-0.2, 0) is 9.53 Å². The van der Waals surface area contributed by atoms with E-state index in [1.807, 2.05) is 0 Å². The molecule has 3 aromatic heterocycles. The van der Waals surface area contributed by atoms with E-state index in [1.165, 1.54) is 32.4 Å². The molecule has 0 unspecified atom stereocenters. The van der Waals surface area contributed by atoms with Gasteiger partial charge in [-0.25, -0.2) is 8.78 Å². The molecule has 0 saturated carbocycles. The van der Waals surface area contributed by atoms with Crippen molar-refractivity contribution >= 4 is 23.4 Å². The van der Waals surface area contributed by atoms with E-state index in [-0.39, 0.29) is 64.0 Å². The minimum Gasteiger partial charge on any atom is -0.479 e. The fourth-order valence-corrected chi connectivity index (χ4v) is 4.26. The Hall–Kier alpha value is -4.43. The van der Waals surface area contributed by atoms with Crippen LogP contribution < -0.4 is 15.4 Å². The minimum atomic E-state index is -1.42. The maximum atomic E-state index is 15.3. The van der Waals surface area contributed by atoms with Crippen LogP contribution in [0.3, 0.4) is 0 Å². The van der Waals surface area contributed by atoms with Crippen LogP contribution in [0.2, 0.25) is 5.02 Å². The predicted molar refractivity (Wildman–Crippen MR) is 133 cm³/mol. The molecule has 1 aliphatic heterocycles. The molecule has 1 aliphatic rings. The Morgan fingerprint density at radius 3 is 2.50 bits per heavy atom. The quantitative estimate of drug-likeness (QED) is 0.320. The third-order valence-electron chi connectivity index (χ3n) is 6.15. The molecule has 1 atom stereocenters. The first-order valence-corrected chi connectivity index (χ1v) is 12.2. The predicted octanol–water partition coefficient (Wildman–Crippen LogP) is 3.41. The maximum absolute atomic E-state index is 15.3. The summed E-state index contributed by atoms with van der Waals surface area (Å²) in [6.07, 6.45) is 1.31. The summed E-state index contributed by atoms with van der Waals surface area (Å²) >= 11 is 6.07. The number of ether oxygens (including phenoxy) is 2. The number of aryl methyl sites for hydroxylation is 1. The smallest absolute Gasteiger partial charge is 0.291 e. The number of hydrogen-bond donors (Lipinski definition) is 2. The number of halogens is 3. The molecule has 0 aliphatic carbocycles. The van der Waals surface area contributed by atoms with Gasteiger partial charge < -0.3 is 29.2 Å². The Morgan fingerprint density at radius 1 is 1.12 bits per heavy atom. The molecule has 0 spiro atoms. The molecular formula is C25H21ClF2N6O6. The molecule has 4 heterocycles. The van der Waals surface area contributed by atoms with Gasteiger partial charge in [0.1, 0.15) is 11.6 Å². The highest BCUT2D eigenvalue weighted by Crippen LogP contribution is 2.36. The standard InChI is InChI=1S/C25H21ClF2N6O6/c1-11(30-24(36)25(9-38-10-25)32-23(35)18-7-19(37-3)33-40-18)21-17(28)4-13(8-29-21)15-5-14(26)6-16(27)20(15)22-31-12(2)39-34-22/h4-8,11H,9-10H2,1-3H3,(H,30,36)(H,32,35)/t11-/m1/s1. The minimum absolute atomic E-state index is 0.0365. The average molecular weight is 575 g/mol. The second-order valence-corrected chi connectivity index (χ2v) is 9.43. The first kappa shape index (κ1) is 27.1. The number of aromatic nitrogens is 4. The van der Waals surface area contributed by atoms with Gasteiger partial charge in [0.2, 0.25) is 17.5 Å². The molecule has 5 rings (SSSR count). The second-order valence-electron chi connectivity index (χ2n) is 9.00. The van der Waals surface area contributed by atoms with Crippen molar-refractivity contribution in [3.05, 3.63) is 64.5 Å². The van der Waals surface area contributed by atoms with Gasteiger partial charge >= 0.3 is 0 Å². The number of nitrogens with one attached hydrogen (secondary N) is 2. The Kier molecular flexibility index (Phi) is 7.21. The molecule has 1 aromatic carbocycles. The molecule has 40 heavy (non-hydrogen) atoms. The molecular weight excluding hydrogens is 554 g/mol. The summed E-state index contributed by atoms with van der Waals surface area (Å²) in [5.41, 5.74) is -1.17. The van der Waals surface area contributed by atoms with E-state index in [0.717, 1.165) is 12.1 Å². The fourth-order valence-electron chi connectivity index (χ4n) is 4.05. The second kappa shape index (κ2) is 10.6. The van der Waals surface area contributed by atoms with Gasteiger partial charge in [0.05, 0.1) is 43.7 Å². The molecule has 1 fully saturated rings. The molecule has 1 saturated heterocycles. The SMILES string of the molecule is COc1cc(C(=O)NC2(C(=O)N[C@H](C)c3ncc(-c4cc(Cl)cc(F)c4-c4noc(C)n4)cc3F)COC2)on1. The van der Waals surface area contributed by atoms with Crippen molar-refractivity contribution in [3.8, 4) is 28.4 Å². The van der Waals surface area contributed by atoms with Crippen LogP contribution in [0.25, 0.3) is 22.5 Å². The van der Waals surface area contributed by atoms with Crippen molar-refractivity contribution in [3.63, 3.8) is 0 Å². The zero-order valence-corrected chi connectivity index (χ0v) is 22.0. The summed E-state index contributed by atoms with van der Waals surface area (Å²) in [6.45, 7) is 2.84. The molecule has 4 aromatic rings. The molecule has 0 radical (unpaired) electrons. The Morgan fingerprint density at radius 2 is 1.90 bits per heavy atom. The van der Waals surface area contributed by atoms with E-state index in [1.54, 1.807) is 6.92 Å². The van der Waals surface area contributed by atoms with Crippen molar-refractivity contribution in [1.82, 2.24) is 30.9 Å². The highest BCUT2D eigenvalue weighted by molar-refractivity contribution is 6.31. The zero-order chi connectivity index (χ0) is 28.6. The van der Waals surface area contributed by atoms with Gasteiger partial charge in [0.25, 0.3) is 17.7 Å². The Labute approximate surface area is 230 Å². The van der Waals surface area contributed by atoms with Crippen molar-refractivity contribution in [2.24, 2.45) is 0 Å². The monoisotopic (exact) mass is 574 g/mol. The van der Waals surface area contributed by atoms with Gasteiger partial charge in [-0.15, -0.1) is 0 Å². The summed E-state index contributed by atoms with van der Waals surface area (Å²) in [5, 5.41) is 12.6. The summed E-state index contributed by atoms with van der Waals surface area (Å²) in [6, 6.07) is 3.99. The van der Waals surface area contributed by atoms with Crippen LogP contribution >= 0.6 is 11.6 Å². The topological polar surface area (TPSA) is 154 Å². The Balaban J connectivity index is 1.36. The van der Waals surface area contributed by atoms with Crippen LogP contribution in [0.5, 0.6) is 5.88 Å². The summed E-state index contributed by atoms with van der Waals surface area (Å²) in [4.78, 5) is 34.0. The lowest BCUT2D eigenvalue weighted by molar-refractivity contribution is -0.147. The van der Waals surface area contributed by atoms with Crippen LogP contribution in [0.15, 0.2) is 39.5 Å². The lowest BCUT2D eigenvalue weighted by Crippen LogP contribution is -2.70. The summed E-state index contributed by atoms with van der Waals surface area (Å²) < 4.78 is 50.1. The number of pyridine rings is 1. The van der Waals surface area contributed by atoms with Gasteiger partial charge in [-0.3, -0.25) is 14.6 Å². The lowest BCUT2D eigenvalue weighted by Gasteiger charge is -2.40. The normalized spacial score (nSPS) is 14.8. The molecule has 15 heteroatoms. The zero-order valence-electron chi connectivity index (χ0n) is 21.3. The number of methoxy groups -OCH3 is 1. The highest BCUT2D eigenvalue weighted by atomic mass is 35.5. The van der Waals surface area contributed by atoms with E-state index < -0.39 is 35.0 Å². The molecule has 2 N–H and O–H groups in total. The molecule has 12 nitrogen and oxygen atoms in total. The molecule has 208 valence electrons. The van der Waals surface area contributed by atoms with Crippen molar-refractivity contribution in [2.75, 3.05) is 20.3 Å². The van der Waals surface area contributed by atoms with Crippen molar-refractivity contribution in [1.29, 1.82) is 0 Å². The summed E-state index contributed by atoms with van der Waals surface area (Å²) in [5.74, 6) is -2.74. The third-order valence-corrected chi connectivity index (χ3v) is 6.37. The van der Waals surface area contributed by atoms with Crippen LogP contribution in [-0.4, -0.2) is 58.0 Å². The van der Waals surface area contributed by atoms with Gasteiger partial charge in [-0.2, -0.15) is 4.98 Å². The van der Waals surface area contributed by atoms with Crippen LogP contribution in [0.1, 0.15) is 35.1 Å². The maximum Gasteiger partial charge on any atom is 0.291 e. The number of hydrogen-bond acceptors (Lipinski definition) is 10. The van der Waals surface area contributed by atoms with Gasteiger partial charge in [0, 0.05) is 23.7 Å². The fraction of sp³-hybridized carbons (Fsp3) is 0.280. The van der Waals surface area contributed by atoms with Crippen molar-refractivity contribution in [2.45, 2.75) is 25.4 Å². The number of amides is 2. The average Bonchev–Trinajstić information content (AvgIpc) is 3.54. The number of carbonyl (C=O) groups excluding carboxylic acids is 2. The Bertz CT molecular complexity index is 1600. The van der Waals surface area contributed by atoms with Gasteiger partial charge in [-0.05, 0) is 35.8 Å². The summed E-state index contributed by atoms with van der Waals surface area (Å²) in [7, 11) is 1.36. The number of rotatable bonds is 8. The van der Waals surface area contributed by atoms with E-state index >= 15 is 4.39 Å². The van der Waals surface area contributed by atoms with E-state index in [2.05, 4.69) is 30.9 Å². The van der Waals surface area contributed by atoms with E-state index in [9.17, 15) is 14.0 Å². The largest absolute Gasteiger partial charge is 0.479 e. The number of carbonyl (C=O) groups is 2. The third kappa shape index (κ3) is 5.10. The molecule has 0 bridgehead atoms. The van der Waals surface area contributed by atoms with E-state index in [4.69, 9.17) is 30.1 Å². The number of benzene rings is 1.